The highest BCUT2D eigenvalue weighted by Crippen LogP contribution is 2.26. The standard InChI is InChI=1S/C13H17ClFN3O4S/c1-9(22-12-3-2-10(15)8-11(12)14)13(19)17-4-6-18(7-5-17)23(16,20)21/h2-3,8-9H,4-7H2,1H3,(H2,16,20,21)/t9-/m1/s1. The zero-order valence-corrected chi connectivity index (χ0v) is 14.0. The van der Waals surface area contributed by atoms with E-state index in [2.05, 4.69) is 0 Å². The number of rotatable bonds is 4. The molecular weight excluding hydrogens is 349 g/mol. The van der Waals surface area contributed by atoms with Gasteiger partial charge in [0.1, 0.15) is 11.6 Å². The molecule has 1 heterocycles. The Bertz CT molecular complexity index is 692. The number of nitrogens with two attached hydrogens (primary N) is 1. The van der Waals surface area contributed by atoms with E-state index in [-0.39, 0.29) is 42.9 Å². The third-order valence-electron chi connectivity index (χ3n) is 3.46. The molecule has 0 saturated carbocycles. The van der Waals surface area contributed by atoms with E-state index in [1.165, 1.54) is 17.0 Å². The Morgan fingerprint density at radius 2 is 1.96 bits per heavy atom. The molecular formula is C13H17ClFN3O4S. The van der Waals surface area contributed by atoms with Crippen LogP contribution in [0.25, 0.3) is 0 Å². The normalized spacial score (nSPS) is 17.8. The smallest absolute Gasteiger partial charge is 0.277 e. The fourth-order valence-electron chi connectivity index (χ4n) is 2.23. The van der Waals surface area contributed by atoms with Gasteiger partial charge in [-0.2, -0.15) is 12.7 Å². The van der Waals surface area contributed by atoms with E-state index < -0.39 is 22.1 Å². The van der Waals surface area contributed by atoms with Crippen molar-refractivity contribution in [2.24, 2.45) is 5.14 Å². The van der Waals surface area contributed by atoms with E-state index in [0.29, 0.717) is 0 Å². The zero-order valence-electron chi connectivity index (χ0n) is 12.4. The Morgan fingerprint density at radius 3 is 2.48 bits per heavy atom. The van der Waals surface area contributed by atoms with E-state index in [1.807, 2.05) is 0 Å². The van der Waals surface area contributed by atoms with Crippen LogP contribution in [-0.2, 0) is 15.0 Å². The molecule has 1 aliphatic heterocycles. The largest absolute Gasteiger partial charge is 0.479 e. The third-order valence-corrected chi connectivity index (χ3v) is 4.84. The number of nitrogens with zero attached hydrogens (tertiary/aromatic N) is 2. The van der Waals surface area contributed by atoms with Crippen molar-refractivity contribution in [1.82, 2.24) is 9.21 Å². The Hall–Kier alpha value is -1.42. The average molecular weight is 366 g/mol. The van der Waals surface area contributed by atoms with Crippen molar-refractivity contribution in [2.45, 2.75) is 13.0 Å². The summed E-state index contributed by atoms with van der Waals surface area (Å²) in [5, 5.41) is 5.12. The first-order valence-electron chi connectivity index (χ1n) is 6.87. The van der Waals surface area contributed by atoms with Crippen molar-refractivity contribution < 1.29 is 22.3 Å². The number of hydrogen-bond acceptors (Lipinski definition) is 4. The molecule has 2 N–H and O–H groups in total. The molecule has 1 aliphatic rings. The summed E-state index contributed by atoms with van der Waals surface area (Å²) in [7, 11) is -3.74. The van der Waals surface area contributed by atoms with Gasteiger partial charge in [-0.25, -0.2) is 9.53 Å². The average Bonchev–Trinajstić information content (AvgIpc) is 2.48. The number of piperazine rings is 1. The molecule has 1 aromatic rings. The minimum absolute atomic E-state index is 0.0729. The van der Waals surface area contributed by atoms with Gasteiger partial charge in [-0.05, 0) is 25.1 Å². The van der Waals surface area contributed by atoms with Crippen molar-refractivity contribution in [3.63, 3.8) is 0 Å². The number of benzene rings is 1. The molecule has 23 heavy (non-hydrogen) atoms. The molecule has 0 unspecified atom stereocenters. The van der Waals surface area contributed by atoms with Crippen LogP contribution in [0.15, 0.2) is 18.2 Å². The molecule has 0 radical (unpaired) electrons. The van der Waals surface area contributed by atoms with Crippen LogP contribution in [0.2, 0.25) is 5.02 Å². The van der Waals surface area contributed by atoms with Crippen LogP contribution in [-0.4, -0.2) is 55.8 Å². The van der Waals surface area contributed by atoms with E-state index in [0.717, 1.165) is 10.4 Å². The van der Waals surface area contributed by atoms with Crippen molar-refractivity contribution in [1.29, 1.82) is 0 Å². The first-order chi connectivity index (χ1) is 10.7. The molecule has 2 rings (SSSR count). The van der Waals surface area contributed by atoms with E-state index in [1.54, 1.807) is 6.92 Å². The molecule has 0 aromatic heterocycles. The zero-order chi connectivity index (χ0) is 17.2. The Labute approximate surface area is 138 Å². The molecule has 0 spiro atoms. The summed E-state index contributed by atoms with van der Waals surface area (Å²) in [6.45, 7) is 2.26. The lowest BCUT2D eigenvalue weighted by molar-refractivity contribution is -0.139. The second-order valence-electron chi connectivity index (χ2n) is 5.10. The van der Waals surface area contributed by atoms with Gasteiger partial charge in [-0.3, -0.25) is 4.79 Å². The van der Waals surface area contributed by atoms with Crippen LogP contribution >= 0.6 is 11.6 Å². The second-order valence-corrected chi connectivity index (χ2v) is 7.06. The van der Waals surface area contributed by atoms with E-state index in [4.69, 9.17) is 21.5 Å². The summed E-state index contributed by atoms with van der Waals surface area (Å²) in [6, 6.07) is 3.63. The van der Waals surface area contributed by atoms with Gasteiger partial charge in [-0.1, -0.05) is 11.6 Å². The van der Waals surface area contributed by atoms with Crippen LogP contribution in [0.4, 0.5) is 4.39 Å². The molecule has 1 aromatic carbocycles. The summed E-state index contributed by atoms with van der Waals surface area (Å²) in [6.07, 6.45) is -0.834. The first-order valence-corrected chi connectivity index (χ1v) is 8.75. The van der Waals surface area contributed by atoms with Crippen molar-refractivity contribution >= 4 is 27.7 Å². The lowest BCUT2D eigenvalue weighted by Gasteiger charge is -2.34. The summed E-state index contributed by atoms with van der Waals surface area (Å²) < 4.78 is 42.0. The molecule has 128 valence electrons. The summed E-state index contributed by atoms with van der Waals surface area (Å²) in [5.74, 6) is -0.600. The summed E-state index contributed by atoms with van der Waals surface area (Å²) in [4.78, 5) is 13.8. The molecule has 0 bridgehead atoms. The maximum Gasteiger partial charge on any atom is 0.277 e. The minimum atomic E-state index is -3.74. The van der Waals surface area contributed by atoms with Crippen molar-refractivity contribution in [3.8, 4) is 5.75 Å². The summed E-state index contributed by atoms with van der Waals surface area (Å²) >= 11 is 5.86. The van der Waals surface area contributed by atoms with Crippen molar-refractivity contribution in [3.05, 3.63) is 29.0 Å². The van der Waals surface area contributed by atoms with Gasteiger partial charge in [-0.15, -0.1) is 0 Å². The van der Waals surface area contributed by atoms with Gasteiger partial charge in [0.2, 0.25) is 0 Å². The quantitative estimate of drug-likeness (QED) is 0.845. The number of hydrogen-bond donors (Lipinski definition) is 1. The van der Waals surface area contributed by atoms with Crippen LogP contribution in [0.1, 0.15) is 6.92 Å². The van der Waals surface area contributed by atoms with Gasteiger partial charge in [0, 0.05) is 26.2 Å². The van der Waals surface area contributed by atoms with E-state index >= 15 is 0 Å². The first kappa shape index (κ1) is 17.9. The van der Waals surface area contributed by atoms with Crippen LogP contribution in [0.5, 0.6) is 5.75 Å². The summed E-state index contributed by atoms with van der Waals surface area (Å²) in [5.41, 5.74) is 0. The fourth-order valence-corrected chi connectivity index (χ4v) is 3.12. The molecule has 1 saturated heterocycles. The van der Waals surface area contributed by atoms with Gasteiger partial charge in [0.05, 0.1) is 5.02 Å². The Balaban J connectivity index is 1.95. The molecule has 7 nitrogen and oxygen atoms in total. The monoisotopic (exact) mass is 365 g/mol. The van der Waals surface area contributed by atoms with E-state index in [9.17, 15) is 17.6 Å². The molecule has 1 amide bonds. The minimum Gasteiger partial charge on any atom is -0.479 e. The van der Waals surface area contributed by atoms with Gasteiger partial charge >= 0.3 is 0 Å². The number of carbonyl (C=O) groups is 1. The lowest BCUT2D eigenvalue weighted by Crippen LogP contribution is -2.54. The second kappa shape index (κ2) is 7.00. The highest BCUT2D eigenvalue weighted by Gasteiger charge is 2.29. The maximum absolute atomic E-state index is 13.0. The third kappa shape index (κ3) is 4.54. The highest BCUT2D eigenvalue weighted by atomic mass is 35.5. The van der Waals surface area contributed by atoms with Crippen molar-refractivity contribution in [2.75, 3.05) is 26.2 Å². The van der Waals surface area contributed by atoms with Gasteiger partial charge in [0.15, 0.2) is 6.10 Å². The SMILES string of the molecule is C[C@@H](Oc1ccc(F)cc1Cl)C(=O)N1CCN(S(N)(=O)=O)CC1. The number of halogens is 2. The maximum atomic E-state index is 13.0. The predicted molar refractivity (Wildman–Crippen MR) is 82.8 cm³/mol. The number of carbonyl (C=O) groups excluding carboxylic acids is 1. The molecule has 10 heteroatoms. The Kier molecular flexibility index (Phi) is 5.45. The predicted octanol–water partition coefficient (Wildman–Crippen LogP) is 0.594. The van der Waals surface area contributed by atoms with Gasteiger partial charge < -0.3 is 9.64 Å². The van der Waals surface area contributed by atoms with Crippen LogP contribution in [0.3, 0.4) is 0 Å². The Morgan fingerprint density at radius 1 is 1.35 bits per heavy atom. The number of amides is 1. The topological polar surface area (TPSA) is 92.9 Å². The molecule has 1 atom stereocenters. The highest BCUT2D eigenvalue weighted by molar-refractivity contribution is 7.86. The van der Waals surface area contributed by atoms with Crippen LogP contribution in [0, 0.1) is 5.82 Å². The number of ether oxygens (including phenoxy) is 1. The molecule has 0 aliphatic carbocycles. The lowest BCUT2D eigenvalue weighted by atomic mass is 10.2. The molecule has 1 fully saturated rings. The fraction of sp³-hybridized carbons (Fsp3) is 0.462. The van der Waals surface area contributed by atoms with Crippen LogP contribution < -0.4 is 9.88 Å². The van der Waals surface area contributed by atoms with Gasteiger partial charge in [0.25, 0.3) is 16.1 Å².